The number of carbonyl (C=O) groups is 1. The molecule has 1 saturated heterocycles. The molecular formula is C12H17N3O. The van der Waals surface area contributed by atoms with Crippen LogP contribution in [0.4, 0.5) is 0 Å². The van der Waals surface area contributed by atoms with Gasteiger partial charge in [-0.25, -0.2) is 0 Å². The Bertz CT molecular complexity index is 368. The molecular weight excluding hydrogens is 202 g/mol. The van der Waals surface area contributed by atoms with Crippen LogP contribution in [0.25, 0.3) is 0 Å². The molecule has 0 spiro atoms. The third kappa shape index (κ3) is 3.03. The van der Waals surface area contributed by atoms with Gasteiger partial charge in [-0.1, -0.05) is 6.07 Å². The SMILES string of the molecule is Cc1cccc(CNC2CCC(=O)NC2)n1. The fraction of sp³-hybridized carbons (Fsp3) is 0.500. The van der Waals surface area contributed by atoms with Gasteiger partial charge in [0.1, 0.15) is 0 Å². The Morgan fingerprint density at radius 2 is 2.44 bits per heavy atom. The number of aromatic nitrogens is 1. The molecule has 1 atom stereocenters. The van der Waals surface area contributed by atoms with E-state index in [9.17, 15) is 4.79 Å². The van der Waals surface area contributed by atoms with E-state index < -0.39 is 0 Å². The lowest BCUT2D eigenvalue weighted by Crippen LogP contribution is -2.45. The summed E-state index contributed by atoms with van der Waals surface area (Å²) in [6, 6.07) is 6.40. The van der Waals surface area contributed by atoms with Crippen LogP contribution in [0.5, 0.6) is 0 Å². The van der Waals surface area contributed by atoms with Crippen molar-refractivity contribution in [1.29, 1.82) is 0 Å². The van der Waals surface area contributed by atoms with E-state index in [-0.39, 0.29) is 5.91 Å². The van der Waals surface area contributed by atoms with Crippen LogP contribution >= 0.6 is 0 Å². The van der Waals surface area contributed by atoms with Gasteiger partial charge in [-0.15, -0.1) is 0 Å². The van der Waals surface area contributed by atoms with E-state index >= 15 is 0 Å². The molecule has 16 heavy (non-hydrogen) atoms. The Kier molecular flexibility index (Phi) is 3.51. The van der Waals surface area contributed by atoms with Crippen molar-refractivity contribution in [2.45, 2.75) is 32.4 Å². The molecule has 86 valence electrons. The van der Waals surface area contributed by atoms with E-state index in [1.807, 2.05) is 25.1 Å². The van der Waals surface area contributed by atoms with Gasteiger partial charge in [0.2, 0.25) is 5.91 Å². The highest BCUT2D eigenvalue weighted by Crippen LogP contribution is 2.04. The van der Waals surface area contributed by atoms with Crippen LogP contribution in [0.2, 0.25) is 0 Å². The fourth-order valence-corrected chi connectivity index (χ4v) is 1.85. The fourth-order valence-electron chi connectivity index (χ4n) is 1.85. The number of rotatable bonds is 3. The first-order valence-electron chi connectivity index (χ1n) is 5.66. The molecule has 2 N–H and O–H groups in total. The third-order valence-corrected chi connectivity index (χ3v) is 2.78. The average Bonchev–Trinajstić information content (AvgIpc) is 2.28. The largest absolute Gasteiger partial charge is 0.355 e. The molecule has 0 radical (unpaired) electrons. The predicted octanol–water partition coefficient (Wildman–Crippen LogP) is 0.758. The maximum Gasteiger partial charge on any atom is 0.220 e. The van der Waals surface area contributed by atoms with Crippen molar-refractivity contribution < 1.29 is 4.79 Å². The highest BCUT2D eigenvalue weighted by molar-refractivity contribution is 5.76. The molecule has 0 saturated carbocycles. The Morgan fingerprint density at radius 3 is 3.12 bits per heavy atom. The summed E-state index contributed by atoms with van der Waals surface area (Å²) in [6.07, 6.45) is 1.54. The van der Waals surface area contributed by atoms with E-state index in [2.05, 4.69) is 15.6 Å². The van der Waals surface area contributed by atoms with Crippen molar-refractivity contribution in [1.82, 2.24) is 15.6 Å². The van der Waals surface area contributed by atoms with E-state index in [1.165, 1.54) is 0 Å². The van der Waals surface area contributed by atoms with Gasteiger partial charge in [0.25, 0.3) is 0 Å². The highest BCUT2D eigenvalue weighted by Gasteiger charge is 2.16. The zero-order valence-corrected chi connectivity index (χ0v) is 9.49. The van der Waals surface area contributed by atoms with Gasteiger partial charge in [-0.2, -0.15) is 0 Å². The van der Waals surface area contributed by atoms with Gasteiger partial charge >= 0.3 is 0 Å². The minimum absolute atomic E-state index is 0.159. The van der Waals surface area contributed by atoms with Crippen molar-refractivity contribution in [2.75, 3.05) is 6.54 Å². The van der Waals surface area contributed by atoms with Gasteiger partial charge in [-0.3, -0.25) is 9.78 Å². The molecule has 1 unspecified atom stereocenters. The summed E-state index contributed by atoms with van der Waals surface area (Å²) in [5.41, 5.74) is 2.09. The quantitative estimate of drug-likeness (QED) is 0.789. The second kappa shape index (κ2) is 5.07. The minimum atomic E-state index is 0.159. The second-order valence-corrected chi connectivity index (χ2v) is 4.19. The number of hydrogen-bond acceptors (Lipinski definition) is 3. The lowest BCUT2D eigenvalue weighted by Gasteiger charge is -2.23. The number of aryl methyl sites for hydroxylation is 1. The van der Waals surface area contributed by atoms with Crippen molar-refractivity contribution in [3.8, 4) is 0 Å². The van der Waals surface area contributed by atoms with Crippen LogP contribution in [0.3, 0.4) is 0 Å². The molecule has 1 aliphatic rings. The Balaban J connectivity index is 1.81. The smallest absolute Gasteiger partial charge is 0.220 e. The molecule has 1 aromatic rings. The zero-order valence-electron chi connectivity index (χ0n) is 9.49. The van der Waals surface area contributed by atoms with E-state index in [4.69, 9.17) is 0 Å². The van der Waals surface area contributed by atoms with Crippen molar-refractivity contribution in [2.24, 2.45) is 0 Å². The predicted molar refractivity (Wildman–Crippen MR) is 61.8 cm³/mol. The van der Waals surface area contributed by atoms with Crippen molar-refractivity contribution in [3.63, 3.8) is 0 Å². The minimum Gasteiger partial charge on any atom is -0.355 e. The number of nitrogens with one attached hydrogen (secondary N) is 2. The second-order valence-electron chi connectivity index (χ2n) is 4.19. The standard InChI is InChI=1S/C12H17N3O/c1-9-3-2-4-11(15-9)8-13-10-5-6-12(16)14-7-10/h2-4,10,13H,5-8H2,1H3,(H,14,16). The maximum atomic E-state index is 11.0. The summed E-state index contributed by atoms with van der Waals surface area (Å²) in [5, 5.41) is 6.27. The lowest BCUT2D eigenvalue weighted by atomic mass is 10.1. The molecule has 1 fully saturated rings. The molecule has 1 aliphatic heterocycles. The number of carbonyl (C=O) groups excluding carboxylic acids is 1. The Hall–Kier alpha value is -1.42. The summed E-state index contributed by atoms with van der Waals surface area (Å²) in [5.74, 6) is 0.159. The molecule has 0 aromatic carbocycles. The van der Waals surface area contributed by atoms with Crippen LogP contribution in [-0.2, 0) is 11.3 Å². The Morgan fingerprint density at radius 1 is 1.56 bits per heavy atom. The van der Waals surface area contributed by atoms with Crippen LogP contribution in [0.15, 0.2) is 18.2 Å². The number of hydrogen-bond donors (Lipinski definition) is 2. The van der Waals surface area contributed by atoms with Gasteiger partial charge < -0.3 is 10.6 Å². The molecule has 0 aliphatic carbocycles. The normalized spacial score (nSPS) is 20.6. The summed E-state index contributed by atoms with van der Waals surface area (Å²) in [6.45, 7) is 3.48. The lowest BCUT2D eigenvalue weighted by molar-refractivity contribution is -0.122. The Labute approximate surface area is 95.5 Å². The zero-order chi connectivity index (χ0) is 11.4. The molecule has 1 aromatic heterocycles. The van der Waals surface area contributed by atoms with Crippen LogP contribution < -0.4 is 10.6 Å². The first-order valence-corrected chi connectivity index (χ1v) is 5.66. The van der Waals surface area contributed by atoms with Crippen molar-refractivity contribution in [3.05, 3.63) is 29.6 Å². The molecule has 1 amide bonds. The molecule has 2 rings (SSSR count). The average molecular weight is 219 g/mol. The molecule has 4 heteroatoms. The molecule has 2 heterocycles. The van der Waals surface area contributed by atoms with Crippen LogP contribution in [-0.4, -0.2) is 23.5 Å². The molecule has 0 bridgehead atoms. The first kappa shape index (κ1) is 11.1. The number of pyridine rings is 1. The van der Waals surface area contributed by atoms with E-state index in [1.54, 1.807) is 0 Å². The van der Waals surface area contributed by atoms with Crippen molar-refractivity contribution >= 4 is 5.91 Å². The van der Waals surface area contributed by atoms with E-state index in [0.717, 1.165) is 30.9 Å². The van der Waals surface area contributed by atoms with Crippen LogP contribution in [0, 0.1) is 6.92 Å². The summed E-state index contributed by atoms with van der Waals surface area (Å²) in [4.78, 5) is 15.4. The number of nitrogens with zero attached hydrogens (tertiary/aromatic N) is 1. The monoisotopic (exact) mass is 219 g/mol. The first-order chi connectivity index (χ1) is 7.74. The van der Waals surface area contributed by atoms with E-state index in [0.29, 0.717) is 12.5 Å². The molecule has 4 nitrogen and oxygen atoms in total. The highest BCUT2D eigenvalue weighted by atomic mass is 16.1. The summed E-state index contributed by atoms with van der Waals surface area (Å²) < 4.78 is 0. The summed E-state index contributed by atoms with van der Waals surface area (Å²) in [7, 11) is 0. The maximum absolute atomic E-state index is 11.0. The van der Waals surface area contributed by atoms with Gasteiger partial charge in [0.15, 0.2) is 0 Å². The van der Waals surface area contributed by atoms with Gasteiger partial charge in [0, 0.05) is 31.2 Å². The van der Waals surface area contributed by atoms with Gasteiger partial charge in [0.05, 0.1) is 5.69 Å². The summed E-state index contributed by atoms with van der Waals surface area (Å²) >= 11 is 0. The van der Waals surface area contributed by atoms with Gasteiger partial charge in [-0.05, 0) is 25.5 Å². The third-order valence-electron chi connectivity index (χ3n) is 2.78. The number of amides is 1. The van der Waals surface area contributed by atoms with Crippen LogP contribution in [0.1, 0.15) is 24.2 Å². The topological polar surface area (TPSA) is 54.0 Å². The number of piperidine rings is 1.